The predicted molar refractivity (Wildman–Crippen MR) is 124 cm³/mol. The molecule has 0 aliphatic rings. The smallest absolute Gasteiger partial charge is 0.266 e. The second kappa shape index (κ2) is 9.51. The Labute approximate surface area is 192 Å². The van der Waals surface area contributed by atoms with E-state index in [1.807, 2.05) is 18.2 Å². The molecule has 0 aliphatic carbocycles. The van der Waals surface area contributed by atoms with E-state index in [-0.39, 0.29) is 17.2 Å². The summed E-state index contributed by atoms with van der Waals surface area (Å²) in [4.78, 5) is 34.4. The highest BCUT2D eigenvalue weighted by atomic mass is 35.5. The first-order valence-corrected chi connectivity index (χ1v) is 11.0. The highest BCUT2D eigenvalue weighted by molar-refractivity contribution is 7.99. The van der Waals surface area contributed by atoms with Gasteiger partial charge in [-0.15, -0.1) is 0 Å². The van der Waals surface area contributed by atoms with Crippen LogP contribution >= 0.6 is 35.0 Å². The van der Waals surface area contributed by atoms with Gasteiger partial charge in [-0.2, -0.15) is 0 Å². The molecule has 0 aliphatic heterocycles. The summed E-state index contributed by atoms with van der Waals surface area (Å²) < 4.78 is 1.48. The maximum atomic E-state index is 13.2. The number of hydrogen-bond donors (Lipinski definition) is 1. The van der Waals surface area contributed by atoms with Crippen molar-refractivity contribution in [3.63, 3.8) is 0 Å². The number of halogens is 2. The van der Waals surface area contributed by atoms with Crippen molar-refractivity contribution in [1.82, 2.24) is 19.9 Å². The van der Waals surface area contributed by atoms with Crippen LogP contribution in [0.4, 0.5) is 0 Å². The number of fused-ring (bicyclic) bond motifs is 1. The van der Waals surface area contributed by atoms with E-state index >= 15 is 0 Å². The molecule has 0 unspecified atom stereocenters. The van der Waals surface area contributed by atoms with Gasteiger partial charge in [-0.05, 0) is 54.6 Å². The Kier molecular flexibility index (Phi) is 6.56. The minimum absolute atomic E-state index is 0.0823. The van der Waals surface area contributed by atoms with Gasteiger partial charge >= 0.3 is 0 Å². The third-order valence-electron chi connectivity index (χ3n) is 4.41. The lowest BCUT2D eigenvalue weighted by Gasteiger charge is -2.13. The van der Waals surface area contributed by atoms with Gasteiger partial charge in [0.1, 0.15) is 0 Å². The molecule has 31 heavy (non-hydrogen) atoms. The van der Waals surface area contributed by atoms with Gasteiger partial charge in [0.2, 0.25) is 5.91 Å². The highest BCUT2D eigenvalue weighted by Crippen LogP contribution is 2.23. The number of hydrogen-bond acceptors (Lipinski definition) is 5. The summed E-state index contributed by atoms with van der Waals surface area (Å²) in [6.07, 6.45) is 1.67. The zero-order valence-corrected chi connectivity index (χ0v) is 18.4. The Balaban J connectivity index is 1.63. The van der Waals surface area contributed by atoms with Crippen molar-refractivity contribution in [2.24, 2.45) is 0 Å². The van der Waals surface area contributed by atoms with Crippen molar-refractivity contribution >= 4 is 51.8 Å². The lowest BCUT2D eigenvalue weighted by molar-refractivity contribution is -0.118. The average molecular weight is 471 g/mol. The lowest BCUT2D eigenvalue weighted by Crippen LogP contribution is -2.26. The Morgan fingerprint density at radius 1 is 1.03 bits per heavy atom. The molecule has 0 saturated heterocycles. The van der Waals surface area contributed by atoms with Crippen LogP contribution in [0.25, 0.3) is 16.6 Å². The molecule has 0 bridgehead atoms. The molecule has 0 saturated carbocycles. The van der Waals surface area contributed by atoms with Gasteiger partial charge in [0.15, 0.2) is 5.16 Å². The van der Waals surface area contributed by atoms with Crippen LogP contribution in [-0.2, 0) is 11.3 Å². The molecular formula is C22H16Cl2N4O2S. The number of thioether (sulfide) groups is 1. The van der Waals surface area contributed by atoms with Gasteiger partial charge in [0.25, 0.3) is 5.56 Å². The fourth-order valence-electron chi connectivity index (χ4n) is 2.93. The van der Waals surface area contributed by atoms with E-state index in [0.717, 1.165) is 5.69 Å². The van der Waals surface area contributed by atoms with Crippen LogP contribution in [0, 0.1) is 0 Å². The molecule has 1 amide bonds. The fraction of sp³-hybridized carbons (Fsp3) is 0.0909. The van der Waals surface area contributed by atoms with Gasteiger partial charge in [-0.1, -0.05) is 41.0 Å². The summed E-state index contributed by atoms with van der Waals surface area (Å²) in [7, 11) is 0. The van der Waals surface area contributed by atoms with Crippen molar-refractivity contribution in [2.75, 3.05) is 5.75 Å². The van der Waals surface area contributed by atoms with Crippen molar-refractivity contribution in [3.05, 3.63) is 93.0 Å². The molecule has 0 spiro atoms. The van der Waals surface area contributed by atoms with Crippen LogP contribution in [0.15, 0.2) is 76.8 Å². The van der Waals surface area contributed by atoms with Crippen LogP contribution < -0.4 is 10.9 Å². The SMILES string of the molecule is O=C(CSc1nc2cc(Cl)ccc2c(=O)n1-c1ccc(Cl)cc1)NCc1ccccn1. The molecule has 0 radical (unpaired) electrons. The van der Waals surface area contributed by atoms with Crippen LogP contribution in [0.1, 0.15) is 5.69 Å². The number of rotatable bonds is 6. The van der Waals surface area contributed by atoms with Crippen molar-refractivity contribution in [1.29, 1.82) is 0 Å². The molecule has 4 aromatic rings. The summed E-state index contributed by atoms with van der Waals surface area (Å²) in [6, 6.07) is 17.3. The minimum atomic E-state index is -0.250. The molecule has 0 atom stereocenters. The van der Waals surface area contributed by atoms with E-state index < -0.39 is 0 Å². The first kappa shape index (κ1) is 21.4. The zero-order chi connectivity index (χ0) is 21.8. The first-order valence-electron chi connectivity index (χ1n) is 9.29. The highest BCUT2D eigenvalue weighted by Gasteiger charge is 2.15. The number of nitrogens with one attached hydrogen (secondary N) is 1. The minimum Gasteiger partial charge on any atom is -0.350 e. The summed E-state index contributed by atoms with van der Waals surface area (Å²) >= 11 is 13.3. The average Bonchev–Trinajstić information content (AvgIpc) is 2.77. The maximum Gasteiger partial charge on any atom is 0.266 e. The number of nitrogens with zero attached hydrogens (tertiary/aromatic N) is 3. The number of amides is 1. The summed E-state index contributed by atoms with van der Waals surface area (Å²) in [6.45, 7) is 0.324. The monoisotopic (exact) mass is 470 g/mol. The van der Waals surface area contributed by atoms with E-state index in [4.69, 9.17) is 23.2 Å². The van der Waals surface area contributed by atoms with Crippen molar-refractivity contribution in [3.8, 4) is 5.69 Å². The number of carbonyl (C=O) groups is 1. The second-order valence-electron chi connectivity index (χ2n) is 6.56. The van der Waals surface area contributed by atoms with Crippen LogP contribution in [0.3, 0.4) is 0 Å². The zero-order valence-electron chi connectivity index (χ0n) is 16.1. The van der Waals surface area contributed by atoms with Gasteiger partial charge < -0.3 is 5.32 Å². The van der Waals surface area contributed by atoms with E-state index in [1.165, 1.54) is 16.3 Å². The molecule has 4 rings (SSSR count). The topological polar surface area (TPSA) is 76.9 Å². The summed E-state index contributed by atoms with van der Waals surface area (Å²) in [5, 5.41) is 4.67. The van der Waals surface area contributed by atoms with E-state index in [9.17, 15) is 9.59 Å². The molecule has 156 valence electrons. The predicted octanol–water partition coefficient (Wildman–Crippen LogP) is 4.50. The number of carbonyl (C=O) groups excluding carboxylic acids is 1. The molecule has 1 N–H and O–H groups in total. The third-order valence-corrected chi connectivity index (χ3v) is 5.84. The van der Waals surface area contributed by atoms with Gasteiger partial charge in [0, 0.05) is 16.2 Å². The molecule has 0 fully saturated rings. The summed E-state index contributed by atoms with van der Waals surface area (Å²) in [5.41, 5.74) is 1.59. The first-order chi connectivity index (χ1) is 15.0. The Bertz CT molecular complexity index is 1290. The van der Waals surface area contributed by atoms with Gasteiger partial charge in [-0.3, -0.25) is 19.1 Å². The number of aromatic nitrogens is 3. The number of benzene rings is 2. The normalized spacial score (nSPS) is 10.9. The fourth-order valence-corrected chi connectivity index (χ4v) is 4.06. The van der Waals surface area contributed by atoms with Crippen LogP contribution in [0.2, 0.25) is 10.0 Å². The van der Waals surface area contributed by atoms with Crippen LogP contribution in [-0.4, -0.2) is 26.2 Å². The molecule has 6 nitrogen and oxygen atoms in total. The van der Waals surface area contributed by atoms with E-state index in [0.29, 0.717) is 38.3 Å². The molecule has 2 aromatic heterocycles. The maximum absolute atomic E-state index is 13.2. The second-order valence-corrected chi connectivity index (χ2v) is 8.37. The Morgan fingerprint density at radius 2 is 1.81 bits per heavy atom. The van der Waals surface area contributed by atoms with E-state index in [1.54, 1.807) is 48.7 Å². The standard InChI is InChI=1S/C22H16Cl2N4O2S/c23-14-4-7-17(8-5-14)28-21(30)18-9-6-15(24)11-19(18)27-22(28)31-13-20(29)26-12-16-3-1-2-10-25-16/h1-11H,12-13H2,(H,26,29). The third kappa shape index (κ3) is 5.07. The lowest BCUT2D eigenvalue weighted by atomic mass is 10.2. The van der Waals surface area contributed by atoms with Crippen molar-refractivity contribution < 1.29 is 4.79 Å². The summed E-state index contributed by atoms with van der Waals surface area (Å²) in [5.74, 6) is -0.113. The Morgan fingerprint density at radius 3 is 2.55 bits per heavy atom. The van der Waals surface area contributed by atoms with Crippen molar-refractivity contribution in [2.45, 2.75) is 11.7 Å². The quantitative estimate of drug-likeness (QED) is 0.331. The molecule has 2 aromatic carbocycles. The van der Waals surface area contributed by atoms with Gasteiger partial charge in [0.05, 0.1) is 34.6 Å². The Hall–Kier alpha value is -2.87. The molecular weight excluding hydrogens is 455 g/mol. The number of pyridine rings is 1. The largest absolute Gasteiger partial charge is 0.350 e. The van der Waals surface area contributed by atoms with E-state index in [2.05, 4.69) is 15.3 Å². The van der Waals surface area contributed by atoms with Crippen LogP contribution in [0.5, 0.6) is 0 Å². The molecule has 9 heteroatoms. The molecule has 2 heterocycles. The van der Waals surface area contributed by atoms with Gasteiger partial charge in [-0.25, -0.2) is 4.98 Å².